The Bertz CT molecular complexity index is 1050. The fourth-order valence-electron chi connectivity index (χ4n) is 2.66. The smallest absolute Gasteiger partial charge is 0.295 e. The third kappa shape index (κ3) is 3.00. The lowest BCUT2D eigenvalue weighted by molar-refractivity contribution is -0.384. The SMILES string of the molecule is Cc1c(NC(=O)c2cccc([N+](=O)[O-])c2)c(=O)n(-c2ccccc2)n1C. The predicted molar refractivity (Wildman–Crippen MR) is 96.8 cm³/mol. The minimum Gasteiger partial charge on any atom is -0.316 e. The molecular weight excluding hydrogens is 336 g/mol. The van der Waals surface area contributed by atoms with E-state index in [1.807, 2.05) is 18.2 Å². The number of rotatable bonds is 4. The van der Waals surface area contributed by atoms with Crippen molar-refractivity contribution in [1.82, 2.24) is 9.36 Å². The van der Waals surface area contributed by atoms with Crippen molar-refractivity contribution in [3.63, 3.8) is 0 Å². The highest BCUT2D eigenvalue weighted by Crippen LogP contribution is 2.17. The Morgan fingerprint density at radius 2 is 1.81 bits per heavy atom. The Hall–Kier alpha value is -3.68. The number of nitrogens with one attached hydrogen (secondary N) is 1. The highest BCUT2D eigenvalue weighted by atomic mass is 16.6. The maximum atomic E-state index is 12.8. The second kappa shape index (κ2) is 6.67. The van der Waals surface area contributed by atoms with Crippen molar-refractivity contribution in [3.8, 4) is 5.69 Å². The van der Waals surface area contributed by atoms with Gasteiger partial charge in [-0.2, -0.15) is 0 Å². The van der Waals surface area contributed by atoms with E-state index in [2.05, 4.69) is 5.32 Å². The largest absolute Gasteiger partial charge is 0.316 e. The standard InChI is InChI=1S/C18H16N4O4/c1-12-16(18(24)21(20(12)2)14-8-4-3-5-9-14)19-17(23)13-7-6-10-15(11-13)22(25)26/h3-11H,1-2H3,(H,19,23). The summed E-state index contributed by atoms with van der Waals surface area (Å²) in [5, 5.41) is 13.4. The van der Waals surface area contributed by atoms with Gasteiger partial charge in [-0.05, 0) is 25.1 Å². The fourth-order valence-corrected chi connectivity index (χ4v) is 2.66. The third-order valence-corrected chi connectivity index (χ3v) is 4.11. The van der Waals surface area contributed by atoms with Gasteiger partial charge in [-0.1, -0.05) is 24.3 Å². The van der Waals surface area contributed by atoms with Crippen LogP contribution in [-0.2, 0) is 7.05 Å². The number of carbonyl (C=O) groups is 1. The van der Waals surface area contributed by atoms with Gasteiger partial charge in [0.15, 0.2) is 0 Å². The Morgan fingerprint density at radius 1 is 1.12 bits per heavy atom. The molecule has 0 aliphatic heterocycles. The first kappa shape index (κ1) is 17.2. The van der Waals surface area contributed by atoms with Gasteiger partial charge in [0.1, 0.15) is 5.69 Å². The first-order valence-corrected chi connectivity index (χ1v) is 7.80. The van der Waals surface area contributed by atoms with Gasteiger partial charge in [0.05, 0.1) is 16.3 Å². The molecule has 0 saturated heterocycles. The van der Waals surface area contributed by atoms with E-state index in [0.717, 1.165) is 0 Å². The van der Waals surface area contributed by atoms with Crippen LogP contribution in [0.4, 0.5) is 11.4 Å². The van der Waals surface area contributed by atoms with Crippen LogP contribution in [0.2, 0.25) is 0 Å². The lowest BCUT2D eigenvalue weighted by atomic mass is 10.2. The summed E-state index contributed by atoms with van der Waals surface area (Å²) < 4.78 is 3.08. The Morgan fingerprint density at radius 3 is 2.46 bits per heavy atom. The van der Waals surface area contributed by atoms with Crippen molar-refractivity contribution < 1.29 is 9.72 Å². The first-order chi connectivity index (χ1) is 12.4. The Balaban J connectivity index is 1.99. The van der Waals surface area contributed by atoms with E-state index in [1.54, 1.807) is 30.8 Å². The fraction of sp³-hybridized carbons (Fsp3) is 0.111. The maximum Gasteiger partial charge on any atom is 0.295 e. The van der Waals surface area contributed by atoms with E-state index in [0.29, 0.717) is 11.4 Å². The molecule has 3 aromatic rings. The molecule has 132 valence electrons. The molecule has 0 saturated carbocycles. The van der Waals surface area contributed by atoms with Crippen LogP contribution in [-0.4, -0.2) is 20.2 Å². The van der Waals surface area contributed by atoms with Gasteiger partial charge in [-0.3, -0.25) is 24.4 Å². The van der Waals surface area contributed by atoms with E-state index in [1.165, 1.54) is 28.9 Å². The number of para-hydroxylation sites is 1. The number of nitro benzene ring substituents is 1. The molecule has 0 aliphatic rings. The molecule has 1 heterocycles. The van der Waals surface area contributed by atoms with Crippen LogP contribution >= 0.6 is 0 Å². The van der Waals surface area contributed by atoms with Crippen LogP contribution in [0.5, 0.6) is 0 Å². The van der Waals surface area contributed by atoms with Gasteiger partial charge < -0.3 is 5.32 Å². The monoisotopic (exact) mass is 352 g/mol. The van der Waals surface area contributed by atoms with Crippen LogP contribution in [0.15, 0.2) is 59.4 Å². The topological polar surface area (TPSA) is 99.2 Å². The Kier molecular flexibility index (Phi) is 4.40. The first-order valence-electron chi connectivity index (χ1n) is 7.80. The van der Waals surface area contributed by atoms with Gasteiger partial charge >= 0.3 is 0 Å². The number of non-ortho nitro benzene ring substituents is 1. The lowest BCUT2D eigenvalue weighted by Crippen LogP contribution is -2.23. The average molecular weight is 352 g/mol. The van der Waals surface area contributed by atoms with Crippen LogP contribution < -0.4 is 10.9 Å². The lowest BCUT2D eigenvalue weighted by Gasteiger charge is -2.07. The number of hydrogen-bond donors (Lipinski definition) is 1. The summed E-state index contributed by atoms with van der Waals surface area (Å²) in [7, 11) is 1.72. The van der Waals surface area contributed by atoms with Gasteiger partial charge in [-0.15, -0.1) is 0 Å². The summed E-state index contributed by atoms with van der Waals surface area (Å²) in [6.45, 7) is 1.71. The van der Waals surface area contributed by atoms with Crippen molar-refractivity contribution in [2.75, 3.05) is 5.32 Å². The molecule has 8 nitrogen and oxygen atoms in total. The van der Waals surface area contributed by atoms with Gasteiger partial charge in [-0.25, -0.2) is 4.68 Å². The number of amides is 1. The van der Waals surface area contributed by atoms with Crippen molar-refractivity contribution in [2.45, 2.75) is 6.92 Å². The average Bonchev–Trinajstić information content (AvgIpc) is 2.86. The highest BCUT2D eigenvalue weighted by Gasteiger charge is 2.19. The molecule has 8 heteroatoms. The molecule has 2 aromatic carbocycles. The summed E-state index contributed by atoms with van der Waals surface area (Å²) in [4.78, 5) is 35.5. The molecule has 0 atom stereocenters. The van der Waals surface area contributed by atoms with Crippen molar-refractivity contribution >= 4 is 17.3 Å². The molecule has 1 N–H and O–H groups in total. The summed E-state index contributed by atoms with van der Waals surface area (Å²) in [6.07, 6.45) is 0. The van der Waals surface area contributed by atoms with Gasteiger partial charge in [0.25, 0.3) is 17.2 Å². The Labute approximate surface area is 148 Å². The van der Waals surface area contributed by atoms with E-state index >= 15 is 0 Å². The number of hydrogen-bond acceptors (Lipinski definition) is 4. The zero-order valence-corrected chi connectivity index (χ0v) is 14.2. The molecule has 0 aliphatic carbocycles. The normalized spacial score (nSPS) is 10.5. The van der Waals surface area contributed by atoms with Gasteiger partial charge in [0.2, 0.25) is 0 Å². The molecule has 1 amide bonds. The number of anilines is 1. The van der Waals surface area contributed by atoms with Gasteiger partial charge in [0, 0.05) is 24.7 Å². The second-order valence-corrected chi connectivity index (χ2v) is 5.70. The molecule has 0 fully saturated rings. The van der Waals surface area contributed by atoms with Crippen molar-refractivity contribution in [1.29, 1.82) is 0 Å². The third-order valence-electron chi connectivity index (χ3n) is 4.11. The predicted octanol–water partition coefficient (Wildman–Crippen LogP) is 2.64. The number of nitro groups is 1. The summed E-state index contributed by atoms with van der Waals surface area (Å²) >= 11 is 0. The van der Waals surface area contributed by atoms with E-state index < -0.39 is 10.8 Å². The molecule has 1 aromatic heterocycles. The summed E-state index contributed by atoms with van der Waals surface area (Å²) in [5.41, 5.74) is 0.900. The highest BCUT2D eigenvalue weighted by molar-refractivity contribution is 6.04. The summed E-state index contributed by atoms with van der Waals surface area (Å²) in [5.74, 6) is -0.584. The van der Waals surface area contributed by atoms with E-state index in [9.17, 15) is 19.7 Å². The maximum absolute atomic E-state index is 12.8. The summed E-state index contributed by atoms with van der Waals surface area (Å²) in [6, 6.07) is 14.4. The molecule has 0 spiro atoms. The molecular formula is C18H16N4O4. The number of nitrogens with zero attached hydrogens (tertiary/aromatic N) is 3. The van der Waals surface area contributed by atoms with Crippen LogP contribution in [0.1, 0.15) is 16.1 Å². The minimum absolute atomic E-state index is 0.105. The van der Waals surface area contributed by atoms with Crippen LogP contribution in [0.3, 0.4) is 0 Å². The van der Waals surface area contributed by atoms with E-state index in [-0.39, 0.29) is 22.5 Å². The molecule has 3 rings (SSSR count). The quantitative estimate of drug-likeness (QED) is 0.576. The molecule has 26 heavy (non-hydrogen) atoms. The van der Waals surface area contributed by atoms with Crippen molar-refractivity contribution in [2.24, 2.45) is 7.05 Å². The number of carbonyl (C=O) groups excluding carboxylic acids is 1. The van der Waals surface area contributed by atoms with Crippen LogP contribution in [0.25, 0.3) is 5.69 Å². The zero-order valence-electron chi connectivity index (χ0n) is 14.2. The number of aromatic nitrogens is 2. The second-order valence-electron chi connectivity index (χ2n) is 5.70. The number of benzene rings is 2. The van der Waals surface area contributed by atoms with Crippen LogP contribution in [0, 0.1) is 17.0 Å². The van der Waals surface area contributed by atoms with E-state index in [4.69, 9.17) is 0 Å². The molecule has 0 unspecified atom stereocenters. The zero-order chi connectivity index (χ0) is 18.8. The molecule has 0 bridgehead atoms. The minimum atomic E-state index is -0.584. The molecule has 0 radical (unpaired) electrons. The van der Waals surface area contributed by atoms with Crippen molar-refractivity contribution in [3.05, 3.63) is 86.3 Å².